The Hall–Kier alpha value is -2.28. The largest absolute Gasteiger partial charge is 0.349 e. The molecule has 0 unspecified atom stereocenters. The Morgan fingerprint density at radius 2 is 2.00 bits per heavy atom. The predicted octanol–water partition coefficient (Wildman–Crippen LogP) is 2.14. The Bertz CT molecular complexity index is 725. The van der Waals surface area contributed by atoms with Gasteiger partial charge in [-0.25, -0.2) is 4.98 Å². The minimum Gasteiger partial charge on any atom is -0.349 e. The van der Waals surface area contributed by atoms with Crippen LogP contribution in [-0.2, 0) is 11.3 Å². The molecule has 1 aliphatic heterocycles. The minimum atomic E-state index is 0.0898. The molecule has 26 heavy (non-hydrogen) atoms. The van der Waals surface area contributed by atoms with Crippen LogP contribution >= 0.6 is 0 Å². The number of nitrogens with zero attached hydrogens (tertiary/aromatic N) is 4. The van der Waals surface area contributed by atoms with Crippen molar-refractivity contribution in [3.8, 4) is 11.4 Å². The highest BCUT2D eigenvalue weighted by molar-refractivity contribution is 5.78. The third-order valence-electron chi connectivity index (χ3n) is 5.56. The second kappa shape index (κ2) is 7.95. The Morgan fingerprint density at radius 3 is 2.81 bits per heavy atom. The molecule has 1 aliphatic carbocycles. The highest BCUT2D eigenvalue weighted by atomic mass is 16.1. The van der Waals surface area contributed by atoms with Gasteiger partial charge in [0.25, 0.3) is 0 Å². The van der Waals surface area contributed by atoms with Crippen LogP contribution < -0.4 is 5.32 Å². The van der Waals surface area contributed by atoms with E-state index in [1.165, 1.54) is 25.7 Å². The van der Waals surface area contributed by atoms with Crippen molar-refractivity contribution in [1.29, 1.82) is 0 Å². The van der Waals surface area contributed by atoms with E-state index in [1.54, 1.807) is 12.4 Å². The van der Waals surface area contributed by atoms with Crippen molar-refractivity contribution >= 4 is 5.91 Å². The first kappa shape index (κ1) is 17.1. The number of piperidine rings is 1. The molecule has 1 saturated carbocycles. The van der Waals surface area contributed by atoms with Crippen LogP contribution in [0.15, 0.2) is 24.5 Å². The number of likely N-dealkylation sites (tertiary alicyclic amines) is 1. The zero-order chi connectivity index (χ0) is 17.8. The topological polar surface area (TPSA) is 86.8 Å². The molecule has 3 heterocycles. The van der Waals surface area contributed by atoms with Crippen LogP contribution in [0.5, 0.6) is 0 Å². The minimum absolute atomic E-state index is 0.0898. The number of aromatic nitrogens is 4. The summed E-state index contributed by atoms with van der Waals surface area (Å²) in [7, 11) is 0. The van der Waals surface area contributed by atoms with E-state index in [9.17, 15) is 4.79 Å². The number of pyridine rings is 1. The van der Waals surface area contributed by atoms with Gasteiger partial charge in [-0.05, 0) is 44.4 Å². The highest BCUT2D eigenvalue weighted by Crippen LogP contribution is 2.28. The van der Waals surface area contributed by atoms with Gasteiger partial charge in [0.1, 0.15) is 5.82 Å². The van der Waals surface area contributed by atoms with E-state index in [4.69, 9.17) is 0 Å². The van der Waals surface area contributed by atoms with Crippen LogP contribution in [-0.4, -0.2) is 50.1 Å². The van der Waals surface area contributed by atoms with Crippen molar-refractivity contribution in [1.82, 2.24) is 30.4 Å². The van der Waals surface area contributed by atoms with Crippen LogP contribution in [0.1, 0.15) is 44.3 Å². The van der Waals surface area contributed by atoms with Crippen LogP contribution in [0.3, 0.4) is 0 Å². The van der Waals surface area contributed by atoms with Crippen molar-refractivity contribution in [2.75, 3.05) is 13.1 Å². The zero-order valence-electron chi connectivity index (χ0n) is 15.0. The average molecular weight is 354 g/mol. The van der Waals surface area contributed by atoms with Gasteiger partial charge >= 0.3 is 0 Å². The lowest BCUT2D eigenvalue weighted by Crippen LogP contribution is -2.46. The number of hydrogen-bond donors (Lipinski definition) is 2. The number of H-pyrrole nitrogens is 1. The predicted molar refractivity (Wildman–Crippen MR) is 98.0 cm³/mol. The molecule has 1 saturated heterocycles. The van der Waals surface area contributed by atoms with E-state index in [1.807, 2.05) is 12.1 Å². The number of hydrogen-bond acceptors (Lipinski definition) is 5. The van der Waals surface area contributed by atoms with Gasteiger partial charge in [-0.1, -0.05) is 12.8 Å². The van der Waals surface area contributed by atoms with Gasteiger partial charge in [-0.2, -0.15) is 5.10 Å². The van der Waals surface area contributed by atoms with Crippen LogP contribution in [0.4, 0.5) is 0 Å². The maximum absolute atomic E-state index is 12.6. The van der Waals surface area contributed by atoms with E-state index >= 15 is 0 Å². The monoisotopic (exact) mass is 354 g/mol. The van der Waals surface area contributed by atoms with E-state index in [0.29, 0.717) is 24.2 Å². The SMILES string of the molecule is O=C(NCc1nc(-c2ccncc2)n[nH]1)[C@@H]1CCCN(C2CCCC2)C1. The first-order chi connectivity index (χ1) is 12.8. The smallest absolute Gasteiger partial charge is 0.224 e. The summed E-state index contributed by atoms with van der Waals surface area (Å²) in [6.07, 6.45) is 10.8. The summed E-state index contributed by atoms with van der Waals surface area (Å²) < 4.78 is 0. The molecule has 2 aromatic heterocycles. The second-order valence-corrected chi connectivity index (χ2v) is 7.33. The Kier molecular flexibility index (Phi) is 5.24. The Labute approximate surface area is 153 Å². The number of amides is 1. The lowest BCUT2D eigenvalue weighted by atomic mass is 9.95. The van der Waals surface area contributed by atoms with Crippen LogP contribution in [0.2, 0.25) is 0 Å². The molecule has 2 aromatic rings. The van der Waals surface area contributed by atoms with Crippen molar-refractivity contribution < 1.29 is 4.79 Å². The van der Waals surface area contributed by atoms with Crippen molar-refractivity contribution in [2.45, 2.75) is 51.1 Å². The fourth-order valence-electron chi connectivity index (χ4n) is 4.14. The molecule has 7 heteroatoms. The molecule has 0 aromatic carbocycles. The molecule has 138 valence electrons. The number of aromatic amines is 1. The number of carbonyl (C=O) groups excluding carboxylic acids is 1. The quantitative estimate of drug-likeness (QED) is 0.859. The average Bonchev–Trinajstić information content (AvgIpc) is 3.39. The molecule has 2 aliphatic rings. The summed E-state index contributed by atoms with van der Waals surface area (Å²) in [6, 6.07) is 4.43. The number of rotatable bonds is 5. The first-order valence-corrected chi connectivity index (χ1v) is 9.63. The second-order valence-electron chi connectivity index (χ2n) is 7.33. The van der Waals surface area contributed by atoms with E-state index in [-0.39, 0.29) is 11.8 Å². The van der Waals surface area contributed by atoms with Crippen molar-refractivity contribution in [3.63, 3.8) is 0 Å². The Morgan fingerprint density at radius 1 is 1.19 bits per heavy atom. The molecule has 1 atom stereocenters. The summed E-state index contributed by atoms with van der Waals surface area (Å²) in [6.45, 7) is 2.43. The summed E-state index contributed by atoms with van der Waals surface area (Å²) >= 11 is 0. The molecule has 0 spiro atoms. The first-order valence-electron chi connectivity index (χ1n) is 9.63. The van der Waals surface area contributed by atoms with Crippen molar-refractivity contribution in [3.05, 3.63) is 30.4 Å². The van der Waals surface area contributed by atoms with Gasteiger partial charge < -0.3 is 5.32 Å². The van der Waals surface area contributed by atoms with Gasteiger partial charge in [-0.3, -0.25) is 19.8 Å². The molecule has 0 bridgehead atoms. The van der Waals surface area contributed by atoms with Gasteiger partial charge in [0.2, 0.25) is 5.91 Å². The summed E-state index contributed by atoms with van der Waals surface area (Å²) in [4.78, 5) is 23.6. The van der Waals surface area contributed by atoms with Gasteiger partial charge in [-0.15, -0.1) is 0 Å². The summed E-state index contributed by atoms with van der Waals surface area (Å²) in [5, 5.41) is 10.2. The van der Waals surface area contributed by atoms with Crippen LogP contribution in [0, 0.1) is 5.92 Å². The lowest BCUT2D eigenvalue weighted by molar-refractivity contribution is -0.127. The highest BCUT2D eigenvalue weighted by Gasteiger charge is 2.30. The van der Waals surface area contributed by atoms with E-state index < -0.39 is 0 Å². The zero-order valence-corrected chi connectivity index (χ0v) is 15.0. The standard InChI is InChI=1S/C19H26N6O/c26-19(15-4-3-11-25(13-15)16-5-1-2-6-16)21-12-17-22-18(24-23-17)14-7-9-20-10-8-14/h7-10,15-16H,1-6,11-13H2,(H,21,26)(H,22,23,24)/t15-/m1/s1. The molecule has 2 N–H and O–H groups in total. The molecular weight excluding hydrogens is 328 g/mol. The third-order valence-corrected chi connectivity index (χ3v) is 5.56. The molecular formula is C19H26N6O. The fourth-order valence-corrected chi connectivity index (χ4v) is 4.14. The van der Waals surface area contributed by atoms with Crippen molar-refractivity contribution in [2.24, 2.45) is 5.92 Å². The number of carbonyl (C=O) groups is 1. The third kappa shape index (κ3) is 3.93. The fraction of sp³-hybridized carbons (Fsp3) is 0.579. The molecule has 4 rings (SSSR count). The van der Waals surface area contributed by atoms with E-state index in [0.717, 1.165) is 31.5 Å². The maximum atomic E-state index is 12.6. The normalized spacial score (nSPS) is 21.8. The van der Waals surface area contributed by atoms with E-state index in [2.05, 4.69) is 30.4 Å². The van der Waals surface area contributed by atoms with Gasteiger partial charge in [0.15, 0.2) is 5.82 Å². The molecule has 1 amide bonds. The molecule has 0 radical (unpaired) electrons. The van der Waals surface area contributed by atoms with Gasteiger partial charge in [0, 0.05) is 30.5 Å². The molecule has 2 fully saturated rings. The molecule has 7 nitrogen and oxygen atoms in total. The Balaban J connectivity index is 1.30. The van der Waals surface area contributed by atoms with Crippen LogP contribution in [0.25, 0.3) is 11.4 Å². The lowest BCUT2D eigenvalue weighted by Gasteiger charge is -2.36. The summed E-state index contributed by atoms with van der Waals surface area (Å²) in [5.74, 6) is 1.52. The van der Waals surface area contributed by atoms with Gasteiger partial charge in [0.05, 0.1) is 12.5 Å². The summed E-state index contributed by atoms with van der Waals surface area (Å²) in [5.41, 5.74) is 0.910. The maximum Gasteiger partial charge on any atom is 0.224 e. The number of nitrogens with one attached hydrogen (secondary N) is 2.